The molecular weight excluding hydrogens is 270 g/mol. The minimum Gasteiger partial charge on any atom is -0.377 e. The summed E-state index contributed by atoms with van der Waals surface area (Å²) in [6, 6.07) is 6.99. The summed E-state index contributed by atoms with van der Waals surface area (Å²) in [4.78, 5) is 33.1. The molecule has 1 fully saturated rings. The van der Waals surface area contributed by atoms with E-state index in [-0.39, 0.29) is 23.4 Å². The normalized spacial score (nSPS) is 19.5. The summed E-state index contributed by atoms with van der Waals surface area (Å²) in [5.41, 5.74) is 0.242. The molecule has 110 valence electrons. The van der Waals surface area contributed by atoms with E-state index >= 15 is 0 Å². The third kappa shape index (κ3) is 2.80. The summed E-state index contributed by atoms with van der Waals surface area (Å²) in [5.74, 6) is -0.164. The fourth-order valence-electron chi connectivity index (χ4n) is 2.52. The van der Waals surface area contributed by atoms with Gasteiger partial charge < -0.3 is 14.6 Å². The van der Waals surface area contributed by atoms with E-state index in [1.165, 1.54) is 0 Å². The molecule has 0 saturated carbocycles. The van der Waals surface area contributed by atoms with Gasteiger partial charge in [-0.3, -0.25) is 9.59 Å². The summed E-state index contributed by atoms with van der Waals surface area (Å²) in [6.07, 6.45) is 0.775. The van der Waals surface area contributed by atoms with Gasteiger partial charge in [0.15, 0.2) is 5.82 Å². The number of carbonyl (C=O) groups is 1. The van der Waals surface area contributed by atoms with E-state index in [1.807, 2.05) is 6.92 Å². The van der Waals surface area contributed by atoms with Crippen LogP contribution in [0.25, 0.3) is 10.9 Å². The van der Waals surface area contributed by atoms with Crippen molar-refractivity contribution < 1.29 is 9.53 Å². The number of nitrogens with zero attached hydrogens (tertiary/aromatic N) is 2. The van der Waals surface area contributed by atoms with Crippen molar-refractivity contribution in [1.82, 2.24) is 14.9 Å². The van der Waals surface area contributed by atoms with Gasteiger partial charge in [0.1, 0.15) is 0 Å². The topological polar surface area (TPSA) is 75.3 Å². The fourth-order valence-corrected chi connectivity index (χ4v) is 2.52. The van der Waals surface area contributed by atoms with Crippen molar-refractivity contribution in [2.45, 2.75) is 19.4 Å². The summed E-state index contributed by atoms with van der Waals surface area (Å²) >= 11 is 0. The second kappa shape index (κ2) is 5.65. The molecular formula is C15H17N3O3. The van der Waals surface area contributed by atoms with Gasteiger partial charge in [-0.15, -0.1) is 0 Å². The van der Waals surface area contributed by atoms with Crippen LogP contribution in [0.1, 0.15) is 24.0 Å². The number of hydrogen-bond donors (Lipinski definition) is 1. The molecule has 1 aromatic heterocycles. The average Bonchev–Trinajstić information content (AvgIpc) is 2.71. The first-order chi connectivity index (χ1) is 10.1. The molecule has 0 spiro atoms. The van der Waals surface area contributed by atoms with E-state index in [0.717, 1.165) is 6.42 Å². The molecule has 6 heteroatoms. The van der Waals surface area contributed by atoms with Crippen molar-refractivity contribution in [2.24, 2.45) is 0 Å². The third-order valence-electron chi connectivity index (χ3n) is 3.55. The van der Waals surface area contributed by atoms with E-state index < -0.39 is 0 Å². The smallest absolute Gasteiger partial charge is 0.289 e. The lowest BCUT2D eigenvalue weighted by Gasteiger charge is -2.21. The van der Waals surface area contributed by atoms with Gasteiger partial charge in [-0.25, -0.2) is 4.98 Å². The highest BCUT2D eigenvalue weighted by Crippen LogP contribution is 2.10. The number of amides is 1. The second-order valence-electron chi connectivity index (χ2n) is 5.22. The Morgan fingerprint density at radius 1 is 1.43 bits per heavy atom. The third-order valence-corrected chi connectivity index (χ3v) is 3.55. The molecule has 0 unspecified atom stereocenters. The van der Waals surface area contributed by atoms with E-state index in [9.17, 15) is 9.59 Å². The zero-order chi connectivity index (χ0) is 14.8. The Kier molecular flexibility index (Phi) is 3.70. The summed E-state index contributed by atoms with van der Waals surface area (Å²) in [6.45, 7) is 3.70. The Morgan fingerprint density at radius 2 is 2.24 bits per heavy atom. The Morgan fingerprint density at radius 3 is 3.10 bits per heavy atom. The minimum absolute atomic E-state index is 0.0105. The number of rotatable bonds is 1. The molecule has 6 nitrogen and oxygen atoms in total. The molecule has 1 amide bonds. The fraction of sp³-hybridized carbons (Fsp3) is 0.400. The molecule has 0 bridgehead atoms. The van der Waals surface area contributed by atoms with E-state index in [1.54, 1.807) is 29.2 Å². The van der Waals surface area contributed by atoms with E-state index in [2.05, 4.69) is 9.97 Å². The highest BCUT2D eigenvalue weighted by atomic mass is 16.5. The number of hydrogen-bond acceptors (Lipinski definition) is 4. The number of fused-ring (bicyclic) bond motifs is 1. The standard InChI is InChI=1S/C15H17N3O3/c1-10-9-18(7-4-8-21-10)15(20)13-16-12-6-3-2-5-11(12)14(19)17-13/h2-3,5-6,10H,4,7-9H2,1H3,(H,16,17,19)/t10-/m1/s1. The van der Waals surface area contributed by atoms with Gasteiger partial charge in [0.05, 0.1) is 17.0 Å². The lowest BCUT2D eigenvalue weighted by atomic mass is 10.2. The van der Waals surface area contributed by atoms with Crippen LogP contribution in [-0.4, -0.2) is 46.6 Å². The molecule has 1 atom stereocenters. The van der Waals surface area contributed by atoms with Crippen LogP contribution in [0.5, 0.6) is 0 Å². The van der Waals surface area contributed by atoms with Crippen molar-refractivity contribution in [3.05, 3.63) is 40.4 Å². The molecule has 3 rings (SSSR count). The van der Waals surface area contributed by atoms with Crippen molar-refractivity contribution in [3.8, 4) is 0 Å². The molecule has 0 aliphatic carbocycles. The Bertz CT molecular complexity index is 725. The lowest BCUT2D eigenvalue weighted by Crippen LogP contribution is -2.37. The molecule has 1 saturated heterocycles. The van der Waals surface area contributed by atoms with Crippen LogP contribution in [0, 0.1) is 0 Å². The SMILES string of the molecule is C[C@@H]1CN(C(=O)c2nc3ccccc3c(=O)[nH]2)CCCO1. The number of aromatic amines is 1. The number of benzene rings is 1. The molecule has 1 aliphatic rings. The predicted octanol–water partition coefficient (Wildman–Crippen LogP) is 1.17. The van der Waals surface area contributed by atoms with Gasteiger partial charge >= 0.3 is 0 Å². The molecule has 0 radical (unpaired) electrons. The molecule has 2 aromatic rings. The molecule has 1 aliphatic heterocycles. The van der Waals surface area contributed by atoms with E-state index in [0.29, 0.717) is 30.6 Å². The number of H-pyrrole nitrogens is 1. The van der Waals surface area contributed by atoms with E-state index in [4.69, 9.17) is 4.74 Å². The first-order valence-electron chi connectivity index (χ1n) is 7.05. The number of ether oxygens (including phenoxy) is 1. The first-order valence-corrected chi connectivity index (χ1v) is 7.05. The maximum Gasteiger partial charge on any atom is 0.289 e. The summed E-state index contributed by atoms with van der Waals surface area (Å²) < 4.78 is 5.53. The average molecular weight is 287 g/mol. The number of aromatic nitrogens is 2. The van der Waals surface area contributed by atoms with Gasteiger partial charge in [-0.05, 0) is 25.5 Å². The zero-order valence-corrected chi connectivity index (χ0v) is 11.8. The lowest BCUT2D eigenvalue weighted by molar-refractivity contribution is 0.0556. The highest BCUT2D eigenvalue weighted by molar-refractivity contribution is 5.92. The van der Waals surface area contributed by atoms with Crippen LogP contribution in [0.2, 0.25) is 0 Å². The van der Waals surface area contributed by atoms with Gasteiger partial charge in [0.2, 0.25) is 0 Å². The second-order valence-corrected chi connectivity index (χ2v) is 5.22. The quantitative estimate of drug-likeness (QED) is 0.854. The van der Waals surface area contributed by atoms with Crippen LogP contribution >= 0.6 is 0 Å². The van der Waals surface area contributed by atoms with Crippen molar-refractivity contribution >= 4 is 16.8 Å². The summed E-state index contributed by atoms with van der Waals surface area (Å²) in [7, 11) is 0. The number of para-hydroxylation sites is 1. The Labute approximate surface area is 121 Å². The maximum atomic E-state index is 12.5. The Balaban J connectivity index is 1.95. The molecule has 1 N–H and O–H groups in total. The van der Waals surface area contributed by atoms with Crippen LogP contribution in [0.4, 0.5) is 0 Å². The highest BCUT2D eigenvalue weighted by Gasteiger charge is 2.23. The zero-order valence-electron chi connectivity index (χ0n) is 11.8. The summed E-state index contributed by atoms with van der Waals surface area (Å²) in [5, 5.41) is 0.488. The number of carbonyl (C=O) groups excluding carboxylic acids is 1. The van der Waals surface area contributed by atoms with Gasteiger partial charge in [-0.2, -0.15) is 0 Å². The maximum absolute atomic E-state index is 12.5. The molecule has 21 heavy (non-hydrogen) atoms. The van der Waals surface area contributed by atoms with Crippen LogP contribution in [-0.2, 0) is 4.74 Å². The van der Waals surface area contributed by atoms with Crippen molar-refractivity contribution in [2.75, 3.05) is 19.7 Å². The Hall–Kier alpha value is -2.21. The van der Waals surface area contributed by atoms with Crippen LogP contribution in [0.3, 0.4) is 0 Å². The van der Waals surface area contributed by atoms with Gasteiger partial charge in [-0.1, -0.05) is 12.1 Å². The van der Waals surface area contributed by atoms with Crippen LogP contribution < -0.4 is 5.56 Å². The van der Waals surface area contributed by atoms with Crippen LogP contribution in [0.15, 0.2) is 29.1 Å². The van der Waals surface area contributed by atoms with Gasteiger partial charge in [0.25, 0.3) is 11.5 Å². The monoisotopic (exact) mass is 287 g/mol. The molecule has 2 heterocycles. The minimum atomic E-state index is -0.289. The first kappa shape index (κ1) is 13.8. The molecule has 1 aromatic carbocycles. The van der Waals surface area contributed by atoms with Crippen molar-refractivity contribution in [1.29, 1.82) is 0 Å². The number of nitrogens with one attached hydrogen (secondary N) is 1. The predicted molar refractivity (Wildman–Crippen MR) is 78.3 cm³/mol. The van der Waals surface area contributed by atoms with Gasteiger partial charge in [0, 0.05) is 19.7 Å². The largest absolute Gasteiger partial charge is 0.377 e. The van der Waals surface area contributed by atoms with Crippen molar-refractivity contribution in [3.63, 3.8) is 0 Å².